The van der Waals surface area contributed by atoms with Gasteiger partial charge < -0.3 is 4.74 Å². The highest BCUT2D eigenvalue weighted by molar-refractivity contribution is 6.16. The van der Waals surface area contributed by atoms with Crippen LogP contribution in [0.4, 0.5) is 5.69 Å². The zero-order chi connectivity index (χ0) is 15.0. The number of allylic oxidation sites excluding steroid dienone is 1. The molecule has 4 heteroatoms. The van der Waals surface area contributed by atoms with Gasteiger partial charge in [-0.15, -0.1) is 0 Å². The van der Waals surface area contributed by atoms with Gasteiger partial charge in [0.25, 0.3) is 0 Å². The number of carbonyl (C=O) groups is 2. The second-order valence-electron chi connectivity index (χ2n) is 5.70. The van der Waals surface area contributed by atoms with Crippen molar-refractivity contribution < 1.29 is 14.3 Å². The molecule has 21 heavy (non-hydrogen) atoms. The van der Waals surface area contributed by atoms with Gasteiger partial charge in [-0.3, -0.25) is 14.5 Å². The summed E-state index contributed by atoms with van der Waals surface area (Å²) in [6, 6.07) is 7.18. The third-order valence-electron chi connectivity index (χ3n) is 4.06. The first-order valence-electron chi connectivity index (χ1n) is 7.33. The monoisotopic (exact) mass is 285 g/mol. The first-order chi connectivity index (χ1) is 10.1. The molecule has 1 heterocycles. The van der Waals surface area contributed by atoms with Crippen molar-refractivity contribution in [1.29, 1.82) is 0 Å². The van der Waals surface area contributed by atoms with Gasteiger partial charge in [0.05, 0.1) is 11.8 Å². The predicted octanol–water partition coefficient (Wildman–Crippen LogP) is 3.08. The molecule has 0 bridgehead atoms. The minimum Gasteiger partial charge on any atom is -0.343 e. The van der Waals surface area contributed by atoms with Crippen LogP contribution in [0.5, 0.6) is 0 Å². The van der Waals surface area contributed by atoms with E-state index in [4.69, 9.17) is 4.74 Å². The fourth-order valence-electron chi connectivity index (χ4n) is 3.07. The Bertz CT molecular complexity index is 620. The molecule has 1 aliphatic carbocycles. The van der Waals surface area contributed by atoms with Crippen molar-refractivity contribution in [2.24, 2.45) is 0 Å². The van der Waals surface area contributed by atoms with Crippen molar-refractivity contribution in [3.05, 3.63) is 41.5 Å². The van der Waals surface area contributed by atoms with E-state index in [2.05, 4.69) is 13.0 Å². The van der Waals surface area contributed by atoms with Crippen LogP contribution in [0.3, 0.4) is 0 Å². The minimum absolute atomic E-state index is 0.0936. The summed E-state index contributed by atoms with van der Waals surface area (Å²) in [6.45, 7) is 3.54. The molecule has 1 aromatic carbocycles. The number of ketones is 1. The Morgan fingerprint density at radius 2 is 2.10 bits per heavy atom. The highest BCUT2D eigenvalue weighted by Crippen LogP contribution is 2.34. The Morgan fingerprint density at radius 3 is 2.81 bits per heavy atom. The third-order valence-corrected chi connectivity index (χ3v) is 4.06. The van der Waals surface area contributed by atoms with Gasteiger partial charge in [0.1, 0.15) is 0 Å². The van der Waals surface area contributed by atoms with Crippen LogP contribution in [0.15, 0.2) is 35.9 Å². The summed E-state index contributed by atoms with van der Waals surface area (Å²) >= 11 is 0. The Morgan fingerprint density at radius 1 is 1.33 bits per heavy atom. The number of hydrogen-bond acceptors (Lipinski definition) is 3. The molecule has 0 saturated carbocycles. The summed E-state index contributed by atoms with van der Waals surface area (Å²) < 4.78 is 5.97. The molecule has 0 N–H and O–H groups in total. The summed E-state index contributed by atoms with van der Waals surface area (Å²) in [5.41, 5.74) is 2.49. The average molecular weight is 285 g/mol. The molecule has 3 rings (SSSR count). The lowest BCUT2D eigenvalue weighted by molar-refractivity contribution is -0.119. The first-order valence-corrected chi connectivity index (χ1v) is 7.33. The maximum Gasteiger partial charge on any atom is 0.226 e. The first kappa shape index (κ1) is 14.0. The van der Waals surface area contributed by atoms with Gasteiger partial charge in [0.15, 0.2) is 0 Å². The maximum absolute atomic E-state index is 12.5. The van der Waals surface area contributed by atoms with Crippen LogP contribution in [-0.2, 0) is 9.53 Å². The fraction of sp³-hybridized carbons (Fsp3) is 0.412. The van der Waals surface area contributed by atoms with Crippen molar-refractivity contribution in [2.75, 3.05) is 4.90 Å². The SMILES string of the molecule is CC(=O)N1c2ccccc2C(=O)C1OC1C=C(C)CCC1. The van der Waals surface area contributed by atoms with Gasteiger partial charge in [0.2, 0.25) is 17.9 Å². The largest absolute Gasteiger partial charge is 0.343 e. The second kappa shape index (κ2) is 5.45. The topological polar surface area (TPSA) is 46.6 Å². The number of hydrogen-bond donors (Lipinski definition) is 0. The van der Waals surface area contributed by atoms with E-state index in [0.29, 0.717) is 11.3 Å². The van der Waals surface area contributed by atoms with Crippen LogP contribution >= 0.6 is 0 Å². The van der Waals surface area contributed by atoms with Crippen LogP contribution in [0.2, 0.25) is 0 Å². The van der Waals surface area contributed by atoms with E-state index in [1.165, 1.54) is 17.4 Å². The molecular weight excluding hydrogens is 266 g/mol. The number of rotatable bonds is 2. The Kier molecular flexibility index (Phi) is 3.64. The molecule has 0 fully saturated rings. The Hall–Kier alpha value is -1.94. The van der Waals surface area contributed by atoms with E-state index in [1.807, 2.05) is 12.1 Å². The van der Waals surface area contributed by atoms with E-state index in [1.54, 1.807) is 12.1 Å². The standard InChI is InChI=1S/C17H19NO3/c1-11-6-5-7-13(10-11)21-17-16(20)14-8-3-4-9-15(14)18(17)12(2)19/h3-4,8-10,13,17H,5-7H2,1-2H3. The molecule has 2 unspecified atom stereocenters. The molecule has 110 valence electrons. The Labute approximate surface area is 124 Å². The molecule has 0 saturated heterocycles. The number of fused-ring (bicyclic) bond motifs is 1. The lowest BCUT2D eigenvalue weighted by atomic mass is 9.98. The van der Waals surface area contributed by atoms with Gasteiger partial charge in [-0.2, -0.15) is 0 Å². The zero-order valence-corrected chi connectivity index (χ0v) is 12.3. The number of para-hydroxylation sites is 1. The zero-order valence-electron chi connectivity index (χ0n) is 12.3. The number of Topliss-reactive ketones (excluding diaryl/α,β-unsaturated/α-hetero) is 1. The van der Waals surface area contributed by atoms with Crippen LogP contribution < -0.4 is 4.90 Å². The van der Waals surface area contributed by atoms with Crippen LogP contribution in [0, 0.1) is 0 Å². The smallest absolute Gasteiger partial charge is 0.226 e. The summed E-state index contributed by atoms with van der Waals surface area (Å²) in [5.74, 6) is -0.299. The molecular formula is C17H19NO3. The highest BCUT2D eigenvalue weighted by Gasteiger charge is 2.41. The number of ether oxygens (including phenoxy) is 1. The summed E-state index contributed by atoms with van der Waals surface area (Å²) in [4.78, 5) is 25.9. The normalized spacial score (nSPS) is 24.8. The van der Waals surface area contributed by atoms with Crippen LogP contribution in [-0.4, -0.2) is 24.0 Å². The number of anilines is 1. The number of carbonyl (C=O) groups excluding carboxylic acids is 2. The molecule has 1 aromatic rings. The molecule has 0 aromatic heterocycles. The van der Waals surface area contributed by atoms with Crippen molar-refractivity contribution in [3.63, 3.8) is 0 Å². The van der Waals surface area contributed by atoms with Crippen LogP contribution in [0.1, 0.15) is 43.5 Å². The van der Waals surface area contributed by atoms with E-state index < -0.39 is 6.23 Å². The van der Waals surface area contributed by atoms with E-state index in [0.717, 1.165) is 19.3 Å². The fourth-order valence-corrected chi connectivity index (χ4v) is 3.07. The molecule has 0 radical (unpaired) electrons. The molecule has 4 nitrogen and oxygen atoms in total. The van der Waals surface area contributed by atoms with Gasteiger partial charge >= 0.3 is 0 Å². The van der Waals surface area contributed by atoms with Gasteiger partial charge in [-0.1, -0.05) is 23.8 Å². The van der Waals surface area contributed by atoms with E-state index >= 15 is 0 Å². The van der Waals surface area contributed by atoms with Crippen molar-refractivity contribution in [2.45, 2.75) is 45.4 Å². The number of nitrogens with zero attached hydrogens (tertiary/aromatic N) is 1. The number of amides is 1. The van der Waals surface area contributed by atoms with E-state index in [-0.39, 0.29) is 17.8 Å². The lowest BCUT2D eigenvalue weighted by Gasteiger charge is -2.28. The number of benzene rings is 1. The van der Waals surface area contributed by atoms with Gasteiger partial charge in [-0.05, 0) is 38.3 Å². The lowest BCUT2D eigenvalue weighted by Crippen LogP contribution is -2.43. The van der Waals surface area contributed by atoms with Crippen molar-refractivity contribution in [1.82, 2.24) is 0 Å². The molecule has 1 aliphatic heterocycles. The third kappa shape index (κ3) is 2.51. The molecule has 2 atom stereocenters. The summed E-state index contributed by atoms with van der Waals surface area (Å²) in [5, 5.41) is 0. The molecule has 1 amide bonds. The second-order valence-corrected chi connectivity index (χ2v) is 5.70. The summed E-state index contributed by atoms with van der Waals surface area (Å²) in [7, 11) is 0. The predicted molar refractivity (Wildman–Crippen MR) is 80.2 cm³/mol. The minimum atomic E-state index is -0.827. The van der Waals surface area contributed by atoms with Gasteiger partial charge in [-0.25, -0.2) is 0 Å². The van der Waals surface area contributed by atoms with Crippen molar-refractivity contribution in [3.8, 4) is 0 Å². The van der Waals surface area contributed by atoms with E-state index in [9.17, 15) is 9.59 Å². The van der Waals surface area contributed by atoms with Crippen LogP contribution in [0.25, 0.3) is 0 Å². The maximum atomic E-state index is 12.5. The highest BCUT2D eigenvalue weighted by atomic mass is 16.5. The quantitative estimate of drug-likeness (QED) is 0.784. The summed E-state index contributed by atoms with van der Waals surface area (Å²) in [6.07, 6.45) is 4.17. The Balaban J connectivity index is 1.90. The van der Waals surface area contributed by atoms with Gasteiger partial charge in [0, 0.05) is 12.5 Å². The molecule has 2 aliphatic rings. The molecule has 0 spiro atoms. The average Bonchev–Trinajstić information content (AvgIpc) is 2.73. The van der Waals surface area contributed by atoms with Crippen molar-refractivity contribution >= 4 is 17.4 Å².